The van der Waals surface area contributed by atoms with E-state index in [1.165, 1.54) is 6.07 Å². The third kappa shape index (κ3) is 3.44. The van der Waals surface area contributed by atoms with Crippen LogP contribution in [0.3, 0.4) is 0 Å². The van der Waals surface area contributed by atoms with Crippen molar-refractivity contribution in [2.45, 2.75) is 13.0 Å². The number of amides is 1. The number of benzene rings is 2. The summed E-state index contributed by atoms with van der Waals surface area (Å²) in [4.78, 5) is 12.3. The van der Waals surface area contributed by atoms with E-state index in [-0.39, 0.29) is 24.2 Å². The Balaban J connectivity index is 1.63. The lowest BCUT2D eigenvalue weighted by molar-refractivity contribution is -0.126. The van der Waals surface area contributed by atoms with E-state index in [0.29, 0.717) is 18.6 Å². The molecule has 0 bridgehead atoms. The van der Waals surface area contributed by atoms with Crippen LogP contribution in [0.4, 0.5) is 4.39 Å². The number of halogens is 1. The second kappa shape index (κ2) is 6.69. The molecule has 5 heteroatoms. The van der Waals surface area contributed by atoms with Crippen molar-refractivity contribution < 1.29 is 18.7 Å². The Morgan fingerprint density at radius 2 is 2.17 bits per heavy atom. The smallest absolute Gasteiger partial charge is 0.227 e. The van der Waals surface area contributed by atoms with Crippen molar-refractivity contribution in [1.82, 2.24) is 5.32 Å². The topological polar surface area (TPSA) is 47.6 Å². The summed E-state index contributed by atoms with van der Waals surface area (Å²) >= 11 is 0. The monoisotopic (exact) mass is 315 g/mol. The average Bonchev–Trinajstić information content (AvgIpc) is 2.59. The second-order valence-corrected chi connectivity index (χ2v) is 5.49. The number of nitrogens with one attached hydrogen (secondary N) is 1. The molecule has 1 unspecified atom stereocenters. The van der Waals surface area contributed by atoms with Gasteiger partial charge >= 0.3 is 0 Å². The summed E-state index contributed by atoms with van der Waals surface area (Å²) in [5.41, 5.74) is 1.42. The van der Waals surface area contributed by atoms with Crippen LogP contribution in [0.5, 0.6) is 11.5 Å². The highest BCUT2D eigenvalue weighted by molar-refractivity contribution is 5.79. The number of methoxy groups -OCH3 is 1. The predicted octanol–water partition coefficient (Wildman–Crippen LogP) is 2.70. The number of hydrogen-bond donors (Lipinski definition) is 1. The number of rotatable bonds is 4. The number of hydrogen-bond acceptors (Lipinski definition) is 3. The number of carbonyl (C=O) groups is 1. The maximum Gasteiger partial charge on any atom is 0.227 e. The highest BCUT2D eigenvalue weighted by Gasteiger charge is 2.26. The Morgan fingerprint density at radius 1 is 1.35 bits per heavy atom. The van der Waals surface area contributed by atoms with E-state index in [9.17, 15) is 9.18 Å². The maximum absolute atomic E-state index is 13.6. The van der Waals surface area contributed by atoms with Crippen LogP contribution in [0, 0.1) is 11.7 Å². The quantitative estimate of drug-likeness (QED) is 0.944. The number of carbonyl (C=O) groups excluding carboxylic acids is 1. The summed E-state index contributed by atoms with van der Waals surface area (Å²) in [5, 5.41) is 2.78. The van der Waals surface area contributed by atoms with E-state index < -0.39 is 0 Å². The summed E-state index contributed by atoms with van der Waals surface area (Å²) < 4.78 is 24.4. The zero-order valence-electron chi connectivity index (χ0n) is 12.8. The Bertz CT molecular complexity index is 717. The van der Waals surface area contributed by atoms with Crippen LogP contribution in [-0.4, -0.2) is 19.6 Å². The van der Waals surface area contributed by atoms with Crippen molar-refractivity contribution in [3.63, 3.8) is 0 Å². The molecule has 23 heavy (non-hydrogen) atoms. The molecule has 1 aliphatic rings. The first-order chi connectivity index (χ1) is 11.2. The Kier molecular flexibility index (Phi) is 4.46. The molecule has 0 fully saturated rings. The third-order valence-electron chi connectivity index (χ3n) is 3.96. The van der Waals surface area contributed by atoms with Gasteiger partial charge in [-0.15, -0.1) is 0 Å². The zero-order valence-corrected chi connectivity index (χ0v) is 12.8. The first-order valence-electron chi connectivity index (χ1n) is 7.48. The minimum absolute atomic E-state index is 0.137. The van der Waals surface area contributed by atoms with E-state index in [1.54, 1.807) is 25.3 Å². The number of fused-ring (bicyclic) bond motifs is 1. The third-order valence-corrected chi connectivity index (χ3v) is 3.96. The average molecular weight is 315 g/mol. The van der Waals surface area contributed by atoms with E-state index in [1.807, 2.05) is 18.2 Å². The largest absolute Gasteiger partial charge is 0.497 e. The summed E-state index contributed by atoms with van der Waals surface area (Å²) in [7, 11) is 1.60. The SMILES string of the molecule is COc1ccc2c(c1)CC(C(=O)NCc1ccccc1F)CO2. The Morgan fingerprint density at radius 3 is 2.96 bits per heavy atom. The van der Waals surface area contributed by atoms with E-state index in [0.717, 1.165) is 17.1 Å². The van der Waals surface area contributed by atoms with Crippen molar-refractivity contribution in [2.75, 3.05) is 13.7 Å². The van der Waals surface area contributed by atoms with Crippen LogP contribution >= 0.6 is 0 Å². The van der Waals surface area contributed by atoms with Gasteiger partial charge in [0.2, 0.25) is 5.91 Å². The van der Waals surface area contributed by atoms with E-state index >= 15 is 0 Å². The molecule has 120 valence electrons. The van der Waals surface area contributed by atoms with Crippen molar-refractivity contribution >= 4 is 5.91 Å². The Labute approximate surface area is 134 Å². The summed E-state index contributed by atoms with van der Waals surface area (Å²) in [6.45, 7) is 0.495. The van der Waals surface area contributed by atoms with E-state index in [2.05, 4.69) is 5.32 Å². The van der Waals surface area contributed by atoms with Gasteiger partial charge in [0.15, 0.2) is 0 Å². The van der Waals surface area contributed by atoms with Gasteiger partial charge in [0.25, 0.3) is 0 Å². The fourth-order valence-electron chi connectivity index (χ4n) is 2.63. The minimum atomic E-state index is -0.317. The molecule has 1 N–H and O–H groups in total. The van der Waals surface area contributed by atoms with Gasteiger partial charge in [-0.2, -0.15) is 0 Å². The predicted molar refractivity (Wildman–Crippen MR) is 83.9 cm³/mol. The molecule has 1 atom stereocenters. The lowest BCUT2D eigenvalue weighted by Gasteiger charge is -2.25. The molecule has 0 aromatic heterocycles. The van der Waals surface area contributed by atoms with Crippen LogP contribution in [0.25, 0.3) is 0 Å². The van der Waals surface area contributed by atoms with Crippen molar-refractivity contribution in [3.05, 3.63) is 59.4 Å². The normalized spacial score (nSPS) is 16.2. The van der Waals surface area contributed by atoms with Crippen LogP contribution in [-0.2, 0) is 17.8 Å². The fraction of sp³-hybridized carbons (Fsp3) is 0.278. The summed E-state index contributed by atoms with van der Waals surface area (Å²) in [6.07, 6.45) is 0.579. The van der Waals surface area contributed by atoms with Gasteiger partial charge in [-0.25, -0.2) is 4.39 Å². The molecule has 0 saturated carbocycles. The molecular weight excluding hydrogens is 297 g/mol. The molecule has 1 aliphatic heterocycles. The first-order valence-corrected chi connectivity index (χ1v) is 7.48. The first kappa shape index (κ1) is 15.3. The van der Waals surface area contributed by atoms with Crippen molar-refractivity contribution in [3.8, 4) is 11.5 Å². The van der Waals surface area contributed by atoms with Crippen LogP contribution in [0.1, 0.15) is 11.1 Å². The fourth-order valence-corrected chi connectivity index (χ4v) is 2.63. The van der Waals surface area contributed by atoms with E-state index in [4.69, 9.17) is 9.47 Å². The van der Waals surface area contributed by atoms with Gasteiger partial charge in [0, 0.05) is 12.1 Å². The Hall–Kier alpha value is -2.56. The van der Waals surface area contributed by atoms with Crippen LogP contribution in [0.15, 0.2) is 42.5 Å². The van der Waals surface area contributed by atoms with Gasteiger partial charge in [-0.1, -0.05) is 18.2 Å². The molecule has 4 nitrogen and oxygen atoms in total. The van der Waals surface area contributed by atoms with Gasteiger partial charge < -0.3 is 14.8 Å². The molecule has 2 aromatic carbocycles. The molecule has 1 heterocycles. The second-order valence-electron chi connectivity index (χ2n) is 5.49. The molecule has 2 aromatic rings. The van der Waals surface area contributed by atoms with Gasteiger partial charge in [0.1, 0.15) is 23.9 Å². The highest BCUT2D eigenvalue weighted by atomic mass is 19.1. The van der Waals surface area contributed by atoms with Crippen LogP contribution < -0.4 is 14.8 Å². The summed E-state index contributed by atoms with van der Waals surface area (Å²) in [6, 6.07) is 12.0. The van der Waals surface area contributed by atoms with Gasteiger partial charge in [0.05, 0.1) is 13.0 Å². The molecule has 1 amide bonds. The zero-order chi connectivity index (χ0) is 16.2. The van der Waals surface area contributed by atoms with Gasteiger partial charge in [-0.05, 0) is 36.2 Å². The lowest BCUT2D eigenvalue weighted by Crippen LogP contribution is -2.37. The summed E-state index contributed by atoms with van der Waals surface area (Å²) in [5.74, 6) is 0.773. The number of ether oxygens (including phenoxy) is 2. The maximum atomic E-state index is 13.6. The van der Waals surface area contributed by atoms with Crippen LogP contribution in [0.2, 0.25) is 0 Å². The van der Waals surface area contributed by atoms with Crippen molar-refractivity contribution in [1.29, 1.82) is 0 Å². The molecular formula is C18H18FNO3. The highest BCUT2D eigenvalue weighted by Crippen LogP contribution is 2.30. The molecule has 0 aliphatic carbocycles. The lowest BCUT2D eigenvalue weighted by atomic mass is 9.95. The minimum Gasteiger partial charge on any atom is -0.497 e. The molecule has 0 spiro atoms. The molecule has 0 radical (unpaired) electrons. The molecule has 0 saturated heterocycles. The molecule has 3 rings (SSSR count). The standard InChI is InChI=1S/C18H18FNO3/c1-22-15-6-7-17-13(9-15)8-14(11-23-17)18(21)20-10-12-4-2-3-5-16(12)19/h2-7,9,14H,8,10-11H2,1H3,(H,20,21). The van der Waals surface area contributed by atoms with Crippen molar-refractivity contribution in [2.24, 2.45) is 5.92 Å². The van der Waals surface area contributed by atoms with Gasteiger partial charge in [-0.3, -0.25) is 4.79 Å².